The molecule has 1 aliphatic carbocycles. The van der Waals surface area contributed by atoms with Crippen LogP contribution in [0.5, 0.6) is 5.75 Å². The van der Waals surface area contributed by atoms with Gasteiger partial charge in [0, 0.05) is 40.7 Å². The van der Waals surface area contributed by atoms with Crippen molar-refractivity contribution >= 4 is 29.0 Å². The lowest BCUT2D eigenvalue weighted by atomic mass is 9.77. The average Bonchev–Trinajstić information content (AvgIpc) is 2.68. The summed E-state index contributed by atoms with van der Waals surface area (Å²) in [5.74, 6) is 0.680. The molecule has 0 saturated heterocycles. The van der Waals surface area contributed by atoms with Crippen LogP contribution in [0.4, 0.5) is 5.69 Å². The molecule has 2 aromatic rings. The Morgan fingerprint density at radius 2 is 1.70 bits per heavy atom. The first kappa shape index (κ1) is 17.8. The SMILES string of the molecule is COc1ccc(N2C(=O)CC(c3ccc(Cl)cc3)C3=C2CCCC3=O)cc1. The zero-order valence-corrected chi connectivity index (χ0v) is 15.8. The minimum Gasteiger partial charge on any atom is -0.497 e. The van der Waals surface area contributed by atoms with Crippen molar-refractivity contribution in [3.05, 3.63) is 70.4 Å². The first-order chi connectivity index (χ1) is 13.1. The lowest BCUT2D eigenvalue weighted by Crippen LogP contribution is -2.40. The molecule has 1 heterocycles. The van der Waals surface area contributed by atoms with Gasteiger partial charge >= 0.3 is 0 Å². The van der Waals surface area contributed by atoms with Gasteiger partial charge in [-0.25, -0.2) is 0 Å². The summed E-state index contributed by atoms with van der Waals surface area (Å²) >= 11 is 6.01. The highest BCUT2D eigenvalue weighted by molar-refractivity contribution is 6.30. The van der Waals surface area contributed by atoms with E-state index in [9.17, 15) is 9.59 Å². The number of carbonyl (C=O) groups excluding carboxylic acids is 2. The highest BCUT2D eigenvalue weighted by atomic mass is 35.5. The topological polar surface area (TPSA) is 46.6 Å². The van der Waals surface area contributed by atoms with Crippen LogP contribution in [-0.2, 0) is 9.59 Å². The monoisotopic (exact) mass is 381 g/mol. The number of methoxy groups -OCH3 is 1. The fraction of sp³-hybridized carbons (Fsp3) is 0.273. The molecule has 0 fully saturated rings. The van der Waals surface area contributed by atoms with Crippen molar-refractivity contribution in [2.24, 2.45) is 0 Å². The zero-order valence-electron chi connectivity index (χ0n) is 15.1. The van der Waals surface area contributed by atoms with Crippen LogP contribution in [0.2, 0.25) is 5.02 Å². The van der Waals surface area contributed by atoms with E-state index < -0.39 is 0 Å². The first-order valence-corrected chi connectivity index (χ1v) is 9.45. The molecule has 1 amide bonds. The van der Waals surface area contributed by atoms with Crippen LogP contribution in [-0.4, -0.2) is 18.8 Å². The zero-order chi connectivity index (χ0) is 19.0. The van der Waals surface area contributed by atoms with Gasteiger partial charge in [0.15, 0.2) is 5.78 Å². The summed E-state index contributed by atoms with van der Waals surface area (Å²) in [6.07, 6.45) is 2.31. The molecule has 0 saturated carbocycles. The number of amides is 1. The molecule has 4 nitrogen and oxygen atoms in total. The Kier molecular flexibility index (Phi) is 4.75. The fourth-order valence-corrected chi connectivity index (χ4v) is 4.13. The lowest BCUT2D eigenvalue weighted by molar-refractivity contribution is -0.119. The molecule has 2 aromatic carbocycles. The lowest BCUT2D eigenvalue weighted by Gasteiger charge is -2.38. The fourth-order valence-electron chi connectivity index (χ4n) is 4.00. The number of hydrogen-bond acceptors (Lipinski definition) is 3. The average molecular weight is 382 g/mol. The highest BCUT2D eigenvalue weighted by Crippen LogP contribution is 2.43. The van der Waals surface area contributed by atoms with Crippen molar-refractivity contribution in [2.75, 3.05) is 12.0 Å². The van der Waals surface area contributed by atoms with E-state index in [1.165, 1.54) is 0 Å². The summed E-state index contributed by atoms with van der Waals surface area (Å²) in [4.78, 5) is 27.6. The normalized spacial score (nSPS) is 19.9. The maximum absolute atomic E-state index is 13.1. The number of ether oxygens (including phenoxy) is 1. The predicted octanol–water partition coefficient (Wildman–Crippen LogP) is 4.88. The van der Waals surface area contributed by atoms with E-state index in [4.69, 9.17) is 16.3 Å². The standard InChI is InChI=1S/C22H20ClNO3/c1-27-17-11-9-16(10-12-17)24-19-3-2-4-20(25)22(19)18(13-21(24)26)14-5-7-15(23)8-6-14/h5-12,18H,2-4,13H2,1H3. The second kappa shape index (κ2) is 7.20. The van der Waals surface area contributed by atoms with Crippen LogP contribution < -0.4 is 9.64 Å². The molecule has 4 rings (SSSR count). The van der Waals surface area contributed by atoms with Gasteiger partial charge < -0.3 is 4.74 Å². The molecule has 0 spiro atoms. The van der Waals surface area contributed by atoms with Crippen LogP contribution in [0.25, 0.3) is 0 Å². The van der Waals surface area contributed by atoms with E-state index in [1.807, 2.05) is 48.5 Å². The number of allylic oxidation sites excluding steroid dienone is 2. The Bertz CT molecular complexity index is 916. The second-order valence-electron chi connectivity index (χ2n) is 6.87. The largest absolute Gasteiger partial charge is 0.497 e. The second-order valence-corrected chi connectivity index (χ2v) is 7.31. The molecule has 2 aliphatic rings. The number of Topliss-reactive ketones (excluding diaryl/α,β-unsaturated/α-hetero) is 1. The quantitative estimate of drug-likeness (QED) is 0.761. The summed E-state index contributed by atoms with van der Waals surface area (Å²) < 4.78 is 5.21. The van der Waals surface area contributed by atoms with Gasteiger partial charge in [-0.1, -0.05) is 23.7 Å². The molecule has 138 valence electrons. The minimum absolute atomic E-state index is 0.00793. The van der Waals surface area contributed by atoms with Crippen molar-refractivity contribution in [3.63, 3.8) is 0 Å². The van der Waals surface area contributed by atoms with Crippen LogP contribution in [0.15, 0.2) is 59.8 Å². The molecule has 1 atom stereocenters. The van der Waals surface area contributed by atoms with Crippen molar-refractivity contribution in [2.45, 2.75) is 31.6 Å². The summed E-state index contributed by atoms with van der Waals surface area (Å²) in [5.41, 5.74) is 3.36. The summed E-state index contributed by atoms with van der Waals surface area (Å²) in [7, 11) is 1.61. The van der Waals surface area contributed by atoms with Gasteiger partial charge in [0.1, 0.15) is 5.75 Å². The number of carbonyl (C=O) groups is 2. The van der Waals surface area contributed by atoms with Gasteiger partial charge in [0.05, 0.1) is 7.11 Å². The van der Waals surface area contributed by atoms with Crippen molar-refractivity contribution < 1.29 is 14.3 Å². The summed E-state index contributed by atoms with van der Waals surface area (Å²) in [6, 6.07) is 14.8. The van der Waals surface area contributed by atoms with Gasteiger partial charge in [0.25, 0.3) is 0 Å². The van der Waals surface area contributed by atoms with Crippen LogP contribution in [0.3, 0.4) is 0 Å². The maximum atomic E-state index is 13.1. The van der Waals surface area contributed by atoms with Crippen molar-refractivity contribution in [1.29, 1.82) is 0 Å². The molecule has 1 unspecified atom stereocenters. The molecule has 1 aliphatic heterocycles. The van der Waals surface area contributed by atoms with Gasteiger partial charge in [-0.3, -0.25) is 14.5 Å². The Morgan fingerprint density at radius 3 is 2.37 bits per heavy atom. The molecule has 27 heavy (non-hydrogen) atoms. The third kappa shape index (κ3) is 3.26. The van der Waals surface area contributed by atoms with Crippen molar-refractivity contribution in [1.82, 2.24) is 0 Å². The molecule has 0 aromatic heterocycles. The summed E-state index contributed by atoms with van der Waals surface area (Å²) in [6.45, 7) is 0. The summed E-state index contributed by atoms with van der Waals surface area (Å²) in [5, 5.41) is 0.643. The number of nitrogens with zero attached hydrogens (tertiary/aromatic N) is 1. The molecular formula is C22H20ClNO3. The maximum Gasteiger partial charge on any atom is 0.232 e. The van der Waals surface area contributed by atoms with Gasteiger partial charge in [-0.05, 0) is 54.8 Å². The predicted molar refractivity (Wildman–Crippen MR) is 105 cm³/mol. The number of hydrogen-bond donors (Lipinski definition) is 0. The van der Waals surface area contributed by atoms with Crippen molar-refractivity contribution in [3.8, 4) is 5.75 Å². The van der Waals surface area contributed by atoms with E-state index in [0.29, 0.717) is 11.4 Å². The number of anilines is 1. The third-order valence-corrected chi connectivity index (χ3v) is 5.53. The van der Waals surface area contributed by atoms with E-state index in [0.717, 1.165) is 41.1 Å². The number of rotatable bonds is 3. The van der Waals surface area contributed by atoms with E-state index in [-0.39, 0.29) is 24.0 Å². The Morgan fingerprint density at radius 1 is 1.00 bits per heavy atom. The smallest absolute Gasteiger partial charge is 0.232 e. The highest BCUT2D eigenvalue weighted by Gasteiger charge is 2.39. The Hall–Kier alpha value is -2.59. The minimum atomic E-state index is -0.202. The molecule has 5 heteroatoms. The van der Waals surface area contributed by atoms with E-state index in [2.05, 4.69) is 0 Å². The van der Waals surface area contributed by atoms with Gasteiger partial charge in [-0.2, -0.15) is 0 Å². The Labute approximate surface area is 163 Å². The number of benzene rings is 2. The van der Waals surface area contributed by atoms with E-state index in [1.54, 1.807) is 12.0 Å². The number of ketones is 1. The van der Waals surface area contributed by atoms with Gasteiger partial charge in [-0.15, -0.1) is 0 Å². The first-order valence-electron chi connectivity index (χ1n) is 9.07. The Balaban J connectivity index is 1.81. The molecule has 0 radical (unpaired) electrons. The molecule has 0 N–H and O–H groups in total. The third-order valence-electron chi connectivity index (χ3n) is 5.28. The number of halogens is 1. The molecule has 0 bridgehead atoms. The van der Waals surface area contributed by atoms with Crippen LogP contribution >= 0.6 is 11.6 Å². The van der Waals surface area contributed by atoms with Gasteiger partial charge in [0.2, 0.25) is 5.91 Å². The van der Waals surface area contributed by atoms with Crippen LogP contribution in [0.1, 0.15) is 37.2 Å². The van der Waals surface area contributed by atoms with E-state index >= 15 is 0 Å². The van der Waals surface area contributed by atoms with Crippen LogP contribution in [0, 0.1) is 0 Å². The molecular weight excluding hydrogens is 362 g/mol.